The zero-order valence-corrected chi connectivity index (χ0v) is 13.2. The van der Waals surface area contributed by atoms with Gasteiger partial charge in [-0.15, -0.1) is 0 Å². The molecule has 0 fully saturated rings. The maximum absolute atomic E-state index is 8.92. The molecule has 0 aliphatic heterocycles. The van der Waals surface area contributed by atoms with Crippen molar-refractivity contribution in [1.29, 1.82) is 0 Å². The van der Waals surface area contributed by atoms with Gasteiger partial charge in [0, 0.05) is 6.42 Å². The minimum atomic E-state index is 0.0122. The SMILES string of the molecule is CCCCCCCCCCCCCc1ccc(CO)o1. The fourth-order valence-electron chi connectivity index (χ4n) is 2.61. The second-order valence-corrected chi connectivity index (χ2v) is 5.81. The third-order valence-electron chi connectivity index (χ3n) is 3.90. The summed E-state index contributed by atoms with van der Waals surface area (Å²) in [4.78, 5) is 0. The van der Waals surface area contributed by atoms with Gasteiger partial charge in [0.2, 0.25) is 0 Å². The summed E-state index contributed by atoms with van der Waals surface area (Å²) in [5.41, 5.74) is 0. The van der Waals surface area contributed by atoms with Gasteiger partial charge in [0.05, 0.1) is 0 Å². The fraction of sp³-hybridized carbons (Fsp3) is 0.778. The molecule has 0 atom stereocenters. The molecule has 0 unspecified atom stereocenters. The maximum atomic E-state index is 8.92. The Morgan fingerprint density at radius 1 is 0.750 bits per heavy atom. The minimum Gasteiger partial charge on any atom is -0.464 e. The van der Waals surface area contributed by atoms with Crippen molar-refractivity contribution < 1.29 is 9.52 Å². The molecule has 2 nitrogen and oxygen atoms in total. The molecule has 0 radical (unpaired) electrons. The van der Waals surface area contributed by atoms with Crippen LogP contribution in [0.25, 0.3) is 0 Å². The van der Waals surface area contributed by atoms with Crippen LogP contribution < -0.4 is 0 Å². The molecule has 0 aromatic carbocycles. The van der Waals surface area contributed by atoms with Crippen LogP contribution in [0.15, 0.2) is 16.5 Å². The zero-order chi connectivity index (χ0) is 14.5. The van der Waals surface area contributed by atoms with E-state index in [1.165, 1.54) is 70.6 Å². The van der Waals surface area contributed by atoms with E-state index < -0.39 is 0 Å². The molecule has 1 N–H and O–H groups in total. The molecule has 0 bridgehead atoms. The lowest BCUT2D eigenvalue weighted by atomic mass is 10.1. The molecule has 1 rings (SSSR count). The molecule has 1 aromatic rings. The predicted octanol–water partition coefficient (Wildman–Crippen LogP) is 5.63. The number of furan rings is 1. The Balaban J connectivity index is 1.83. The van der Waals surface area contributed by atoms with Crippen molar-refractivity contribution in [2.24, 2.45) is 0 Å². The Labute approximate surface area is 124 Å². The number of rotatable bonds is 13. The molecule has 116 valence electrons. The smallest absolute Gasteiger partial charge is 0.129 e. The third-order valence-corrected chi connectivity index (χ3v) is 3.90. The summed E-state index contributed by atoms with van der Waals surface area (Å²) in [5.74, 6) is 1.70. The molecule has 20 heavy (non-hydrogen) atoms. The molecule has 1 heterocycles. The van der Waals surface area contributed by atoms with Gasteiger partial charge in [-0.2, -0.15) is 0 Å². The van der Waals surface area contributed by atoms with E-state index >= 15 is 0 Å². The normalized spacial score (nSPS) is 11.1. The second-order valence-electron chi connectivity index (χ2n) is 5.81. The molecule has 1 aromatic heterocycles. The number of aliphatic hydroxyl groups is 1. The molecule has 0 spiro atoms. The summed E-state index contributed by atoms with van der Waals surface area (Å²) < 4.78 is 5.47. The van der Waals surface area contributed by atoms with Gasteiger partial charge >= 0.3 is 0 Å². The topological polar surface area (TPSA) is 33.4 Å². The summed E-state index contributed by atoms with van der Waals surface area (Å²) in [5, 5.41) is 8.92. The van der Waals surface area contributed by atoms with Crippen molar-refractivity contribution in [1.82, 2.24) is 0 Å². The van der Waals surface area contributed by atoms with Crippen LogP contribution in [0, 0.1) is 0 Å². The summed E-state index contributed by atoms with van der Waals surface area (Å²) in [7, 11) is 0. The van der Waals surface area contributed by atoms with Gasteiger partial charge in [0.1, 0.15) is 18.1 Å². The highest BCUT2D eigenvalue weighted by atomic mass is 16.4. The Bertz CT molecular complexity index is 317. The van der Waals surface area contributed by atoms with E-state index in [9.17, 15) is 0 Å². The Morgan fingerprint density at radius 2 is 1.25 bits per heavy atom. The van der Waals surface area contributed by atoms with Gasteiger partial charge in [0.25, 0.3) is 0 Å². The first-order valence-electron chi connectivity index (χ1n) is 8.55. The number of hydrogen-bond donors (Lipinski definition) is 1. The highest BCUT2D eigenvalue weighted by Crippen LogP contribution is 2.14. The first kappa shape index (κ1) is 17.3. The quantitative estimate of drug-likeness (QED) is 0.475. The van der Waals surface area contributed by atoms with Gasteiger partial charge < -0.3 is 9.52 Å². The van der Waals surface area contributed by atoms with Gasteiger partial charge in [-0.05, 0) is 18.6 Å². The maximum Gasteiger partial charge on any atom is 0.129 e. The summed E-state index contributed by atoms with van der Waals surface area (Å²) in [6, 6.07) is 3.86. The van der Waals surface area contributed by atoms with E-state index in [1.54, 1.807) is 0 Å². The van der Waals surface area contributed by atoms with E-state index in [1.807, 2.05) is 12.1 Å². The standard InChI is InChI=1S/C18H32O2/c1-2-3-4-5-6-7-8-9-10-11-12-13-17-14-15-18(16-19)20-17/h14-15,19H,2-13,16H2,1H3. The molecule has 0 saturated carbocycles. The van der Waals surface area contributed by atoms with Gasteiger partial charge in [-0.25, -0.2) is 0 Å². The Morgan fingerprint density at radius 3 is 1.75 bits per heavy atom. The lowest BCUT2D eigenvalue weighted by Crippen LogP contribution is -1.85. The van der Waals surface area contributed by atoms with E-state index in [0.29, 0.717) is 5.76 Å². The van der Waals surface area contributed by atoms with Crippen LogP contribution in [0.5, 0.6) is 0 Å². The van der Waals surface area contributed by atoms with Crippen molar-refractivity contribution in [2.45, 2.75) is 90.6 Å². The van der Waals surface area contributed by atoms with Crippen molar-refractivity contribution in [2.75, 3.05) is 0 Å². The summed E-state index contributed by atoms with van der Waals surface area (Å²) in [6.45, 7) is 2.28. The van der Waals surface area contributed by atoms with Crippen LogP contribution in [0.3, 0.4) is 0 Å². The molecule has 0 amide bonds. The number of unbranched alkanes of at least 4 members (excludes halogenated alkanes) is 10. The molecule has 0 saturated heterocycles. The number of hydrogen-bond acceptors (Lipinski definition) is 2. The predicted molar refractivity (Wildman–Crippen MR) is 84.8 cm³/mol. The largest absolute Gasteiger partial charge is 0.464 e. The van der Waals surface area contributed by atoms with E-state index in [4.69, 9.17) is 9.52 Å². The third kappa shape index (κ3) is 8.42. The summed E-state index contributed by atoms with van der Waals surface area (Å²) in [6.07, 6.45) is 16.1. The lowest BCUT2D eigenvalue weighted by molar-refractivity contribution is 0.243. The average Bonchev–Trinajstić information content (AvgIpc) is 2.93. The molecular weight excluding hydrogens is 248 g/mol. The highest BCUT2D eigenvalue weighted by Gasteiger charge is 2.00. The Kier molecular flexibility index (Phi) is 10.4. The minimum absolute atomic E-state index is 0.0122. The van der Waals surface area contributed by atoms with Crippen molar-refractivity contribution in [3.63, 3.8) is 0 Å². The molecule has 0 aliphatic rings. The van der Waals surface area contributed by atoms with Gasteiger partial charge in [-0.3, -0.25) is 0 Å². The van der Waals surface area contributed by atoms with Crippen LogP contribution in [0.2, 0.25) is 0 Å². The van der Waals surface area contributed by atoms with Crippen LogP contribution >= 0.6 is 0 Å². The van der Waals surface area contributed by atoms with Crippen molar-refractivity contribution in [3.8, 4) is 0 Å². The first-order chi connectivity index (χ1) is 9.86. The monoisotopic (exact) mass is 280 g/mol. The molecule has 2 heteroatoms. The van der Waals surface area contributed by atoms with Crippen LogP contribution in [0.4, 0.5) is 0 Å². The lowest BCUT2D eigenvalue weighted by Gasteiger charge is -2.02. The van der Waals surface area contributed by atoms with Gasteiger partial charge in [-0.1, -0.05) is 71.1 Å². The fourth-order valence-corrected chi connectivity index (χ4v) is 2.61. The van der Waals surface area contributed by atoms with Crippen molar-refractivity contribution >= 4 is 0 Å². The molecule has 0 aliphatic carbocycles. The van der Waals surface area contributed by atoms with E-state index in [2.05, 4.69) is 6.92 Å². The zero-order valence-electron chi connectivity index (χ0n) is 13.2. The van der Waals surface area contributed by atoms with Crippen LogP contribution in [-0.4, -0.2) is 5.11 Å². The van der Waals surface area contributed by atoms with E-state index in [-0.39, 0.29) is 6.61 Å². The van der Waals surface area contributed by atoms with Crippen molar-refractivity contribution in [3.05, 3.63) is 23.7 Å². The number of aliphatic hydroxyl groups excluding tert-OH is 1. The summed E-state index contributed by atoms with van der Waals surface area (Å²) >= 11 is 0. The van der Waals surface area contributed by atoms with Crippen LogP contribution in [-0.2, 0) is 13.0 Å². The molecular formula is C18H32O2. The first-order valence-corrected chi connectivity index (χ1v) is 8.55. The highest BCUT2D eigenvalue weighted by molar-refractivity contribution is 5.06. The Hall–Kier alpha value is -0.760. The van der Waals surface area contributed by atoms with E-state index in [0.717, 1.165) is 12.2 Å². The van der Waals surface area contributed by atoms with Gasteiger partial charge in [0.15, 0.2) is 0 Å². The average molecular weight is 280 g/mol. The number of aryl methyl sites for hydroxylation is 1. The van der Waals surface area contributed by atoms with Crippen LogP contribution in [0.1, 0.15) is 89.1 Å². The second kappa shape index (κ2) is 12.0.